The summed E-state index contributed by atoms with van der Waals surface area (Å²) in [6.07, 6.45) is 10.6. The van der Waals surface area contributed by atoms with Crippen molar-refractivity contribution in [3.05, 3.63) is 0 Å². The molecule has 0 aromatic rings. The maximum absolute atomic E-state index is 9.19. The van der Waals surface area contributed by atoms with Crippen LogP contribution in [0.2, 0.25) is 0 Å². The van der Waals surface area contributed by atoms with Gasteiger partial charge in [-0.2, -0.15) is 8.42 Å². The Labute approximate surface area is 119 Å². The van der Waals surface area contributed by atoms with E-state index < -0.39 is 10.1 Å². The van der Waals surface area contributed by atoms with E-state index in [4.69, 9.17) is 4.55 Å². The molecule has 5 heteroatoms. The van der Waals surface area contributed by atoms with Gasteiger partial charge in [0.05, 0.1) is 6.26 Å². The molecule has 0 aromatic carbocycles. The van der Waals surface area contributed by atoms with E-state index in [1.807, 2.05) is 0 Å². The Morgan fingerprint density at radius 2 is 1.79 bits per heavy atom. The third-order valence-electron chi connectivity index (χ3n) is 3.39. The molecule has 1 atom stereocenters. The normalized spacial score (nSPS) is 20.1. The first-order chi connectivity index (χ1) is 8.86. The van der Waals surface area contributed by atoms with E-state index >= 15 is 0 Å². The predicted molar refractivity (Wildman–Crippen MR) is 81.1 cm³/mol. The molecule has 0 saturated carbocycles. The van der Waals surface area contributed by atoms with Gasteiger partial charge >= 0.3 is 0 Å². The SMILES string of the molecule is CCCCCCN1CCC(CCC)C1.CS(=O)(=O)O. The van der Waals surface area contributed by atoms with Gasteiger partial charge in [-0.3, -0.25) is 4.55 Å². The van der Waals surface area contributed by atoms with E-state index in [-0.39, 0.29) is 0 Å². The molecule has 0 aliphatic carbocycles. The number of unbranched alkanes of at least 4 members (excludes halogenated alkanes) is 3. The quantitative estimate of drug-likeness (QED) is 0.578. The van der Waals surface area contributed by atoms with E-state index in [0.29, 0.717) is 6.26 Å². The lowest BCUT2D eigenvalue weighted by Gasteiger charge is -2.15. The molecule has 116 valence electrons. The fourth-order valence-electron chi connectivity index (χ4n) is 2.52. The first-order valence-electron chi connectivity index (χ1n) is 7.51. The van der Waals surface area contributed by atoms with Crippen LogP contribution in [0, 0.1) is 5.92 Å². The highest BCUT2D eigenvalue weighted by molar-refractivity contribution is 7.85. The van der Waals surface area contributed by atoms with E-state index in [1.165, 1.54) is 64.6 Å². The molecule has 4 nitrogen and oxygen atoms in total. The van der Waals surface area contributed by atoms with E-state index in [9.17, 15) is 8.42 Å². The third-order valence-corrected chi connectivity index (χ3v) is 3.39. The van der Waals surface area contributed by atoms with E-state index in [0.717, 1.165) is 5.92 Å². The van der Waals surface area contributed by atoms with Gasteiger partial charge in [-0.15, -0.1) is 0 Å². The molecule has 1 N–H and O–H groups in total. The van der Waals surface area contributed by atoms with Crippen LogP contribution in [0.5, 0.6) is 0 Å². The smallest absolute Gasteiger partial charge is 0.261 e. The monoisotopic (exact) mass is 293 g/mol. The first-order valence-corrected chi connectivity index (χ1v) is 9.36. The fourth-order valence-corrected chi connectivity index (χ4v) is 2.52. The zero-order valence-corrected chi connectivity index (χ0v) is 13.6. The van der Waals surface area contributed by atoms with Crippen LogP contribution in [0.3, 0.4) is 0 Å². The van der Waals surface area contributed by atoms with E-state index in [2.05, 4.69) is 18.7 Å². The standard InChI is InChI=1S/C13H27N.CH4O3S/c1-3-5-6-7-10-14-11-9-13(12-14)8-4-2;1-5(2,3)4/h13H,3-12H2,1-2H3;1H3,(H,2,3,4). The topological polar surface area (TPSA) is 57.6 Å². The minimum atomic E-state index is -3.67. The Morgan fingerprint density at radius 1 is 1.16 bits per heavy atom. The van der Waals surface area contributed by atoms with Crippen LogP contribution in [0.1, 0.15) is 58.8 Å². The van der Waals surface area contributed by atoms with Crippen molar-refractivity contribution in [2.45, 2.75) is 58.8 Å². The summed E-state index contributed by atoms with van der Waals surface area (Å²) in [6.45, 7) is 8.72. The molecular weight excluding hydrogens is 262 g/mol. The number of hydrogen-bond acceptors (Lipinski definition) is 3. The summed E-state index contributed by atoms with van der Waals surface area (Å²) in [4.78, 5) is 2.68. The molecule has 0 radical (unpaired) electrons. The lowest BCUT2D eigenvalue weighted by atomic mass is 10.0. The first kappa shape index (κ1) is 18.9. The predicted octanol–water partition coefficient (Wildman–Crippen LogP) is 3.19. The molecule has 0 amide bonds. The number of hydrogen-bond donors (Lipinski definition) is 1. The van der Waals surface area contributed by atoms with Crippen LogP contribution in [0.15, 0.2) is 0 Å². The van der Waals surface area contributed by atoms with Crippen molar-refractivity contribution in [2.75, 3.05) is 25.9 Å². The van der Waals surface area contributed by atoms with Crippen LogP contribution in [0.25, 0.3) is 0 Å². The van der Waals surface area contributed by atoms with Crippen molar-refractivity contribution < 1.29 is 13.0 Å². The highest BCUT2D eigenvalue weighted by Crippen LogP contribution is 2.21. The van der Waals surface area contributed by atoms with Crippen molar-refractivity contribution in [3.63, 3.8) is 0 Å². The second kappa shape index (κ2) is 10.6. The molecule has 19 heavy (non-hydrogen) atoms. The van der Waals surface area contributed by atoms with Crippen LogP contribution >= 0.6 is 0 Å². The molecule has 0 bridgehead atoms. The summed E-state index contributed by atoms with van der Waals surface area (Å²) in [7, 11) is -3.67. The van der Waals surface area contributed by atoms with Gasteiger partial charge in [-0.25, -0.2) is 0 Å². The van der Waals surface area contributed by atoms with Gasteiger partial charge in [0, 0.05) is 6.54 Å². The minimum Gasteiger partial charge on any atom is -0.303 e. The number of rotatable bonds is 7. The van der Waals surface area contributed by atoms with Gasteiger partial charge in [0.15, 0.2) is 0 Å². The molecule has 1 unspecified atom stereocenters. The molecule has 1 saturated heterocycles. The Morgan fingerprint density at radius 3 is 2.32 bits per heavy atom. The molecule has 1 rings (SSSR count). The summed E-state index contributed by atoms with van der Waals surface area (Å²) in [5, 5.41) is 0. The van der Waals surface area contributed by atoms with Crippen molar-refractivity contribution in [1.82, 2.24) is 4.90 Å². The Bertz CT molecular complexity index is 296. The van der Waals surface area contributed by atoms with Crippen LogP contribution in [0.4, 0.5) is 0 Å². The largest absolute Gasteiger partial charge is 0.303 e. The maximum atomic E-state index is 9.19. The fraction of sp³-hybridized carbons (Fsp3) is 1.00. The van der Waals surface area contributed by atoms with Crippen molar-refractivity contribution >= 4 is 10.1 Å². The molecule has 1 aliphatic rings. The summed E-state index contributed by atoms with van der Waals surface area (Å²) >= 11 is 0. The molecule has 0 aromatic heterocycles. The molecule has 1 aliphatic heterocycles. The molecule has 1 fully saturated rings. The lowest BCUT2D eigenvalue weighted by Crippen LogP contribution is -2.21. The summed E-state index contributed by atoms with van der Waals surface area (Å²) < 4.78 is 25.9. The molecular formula is C14H31NO3S. The Balaban J connectivity index is 0.000000555. The summed E-state index contributed by atoms with van der Waals surface area (Å²) in [5.41, 5.74) is 0. The number of likely N-dealkylation sites (tertiary alicyclic amines) is 1. The zero-order chi connectivity index (χ0) is 14.7. The summed E-state index contributed by atoms with van der Waals surface area (Å²) in [6, 6.07) is 0. The average molecular weight is 293 g/mol. The van der Waals surface area contributed by atoms with Gasteiger partial charge in [0.2, 0.25) is 0 Å². The van der Waals surface area contributed by atoms with Gasteiger partial charge in [0.1, 0.15) is 0 Å². The number of nitrogens with zero attached hydrogens (tertiary/aromatic N) is 1. The highest BCUT2D eigenvalue weighted by atomic mass is 32.2. The molecule has 0 spiro atoms. The Kier molecular flexibility index (Phi) is 10.6. The van der Waals surface area contributed by atoms with Crippen molar-refractivity contribution in [1.29, 1.82) is 0 Å². The van der Waals surface area contributed by atoms with Crippen LogP contribution < -0.4 is 0 Å². The van der Waals surface area contributed by atoms with Gasteiger partial charge in [0.25, 0.3) is 10.1 Å². The van der Waals surface area contributed by atoms with Crippen molar-refractivity contribution in [3.8, 4) is 0 Å². The zero-order valence-electron chi connectivity index (χ0n) is 12.8. The maximum Gasteiger partial charge on any atom is 0.261 e. The summed E-state index contributed by atoms with van der Waals surface area (Å²) in [5.74, 6) is 1.02. The average Bonchev–Trinajstić information content (AvgIpc) is 2.71. The Hall–Kier alpha value is -0.130. The van der Waals surface area contributed by atoms with Gasteiger partial charge in [-0.05, 0) is 38.3 Å². The second-order valence-electron chi connectivity index (χ2n) is 5.54. The van der Waals surface area contributed by atoms with Gasteiger partial charge in [-0.1, -0.05) is 39.5 Å². The lowest BCUT2D eigenvalue weighted by molar-refractivity contribution is 0.311. The second-order valence-corrected chi connectivity index (χ2v) is 7.00. The van der Waals surface area contributed by atoms with E-state index in [1.54, 1.807) is 0 Å². The minimum absolute atomic E-state index is 0.715. The van der Waals surface area contributed by atoms with Crippen molar-refractivity contribution in [2.24, 2.45) is 5.92 Å². The third kappa shape index (κ3) is 14.1. The van der Waals surface area contributed by atoms with Gasteiger partial charge < -0.3 is 4.90 Å². The van der Waals surface area contributed by atoms with Crippen LogP contribution in [-0.4, -0.2) is 43.8 Å². The molecule has 1 heterocycles. The highest BCUT2D eigenvalue weighted by Gasteiger charge is 2.20. The van der Waals surface area contributed by atoms with Crippen LogP contribution in [-0.2, 0) is 10.1 Å².